The molecule has 2 aromatic heterocycles. The summed E-state index contributed by atoms with van der Waals surface area (Å²) in [5, 5.41) is 3.59. The average Bonchev–Trinajstić information content (AvgIpc) is 3.16. The fourth-order valence-corrected chi connectivity index (χ4v) is 2.13. The molecule has 6 heteroatoms. The number of nitrogens with zero attached hydrogens (tertiary/aromatic N) is 4. The Morgan fingerprint density at radius 1 is 1.25 bits per heavy atom. The highest BCUT2D eigenvalue weighted by atomic mass is 16.5. The van der Waals surface area contributed by atoms with Crippen LogP contribution in [-0.4, -0.2) is 19.7 Å². The summed E-state index contributed by atoms with van der Waals surface area (Å²) in [6.45, 7) is 0.706. The van der Waals surface area contributed by atoms with Crippen molar-refractivity contribution in [3.05, 3.63) is 66.3 Å². The maximum atomic E-state index is 6.30. The number of imidazole rings is 1. The standard InChI is InChI=1S/C14H15N5O/c15-14(11-4-2-1-3-5-11)12-8-16-10-19(12)7-6-13-17-9-18-20-13/h1-5,8-10,14H,6-7,15H2. The van der Waals surface area contributed by atoms with Crippen molar-refractivity contribution in [3.8, 4) is 0 Å². The Hall–Kier alpha value is -2.47. The number of hydrogen-bond donors (Lipinski definition) is 1. The summed E-state index contributed by atoms with van der Waals surface area (Å²) in [5.74, 6) is 0.609. The molecule has 0 bridgehead atoms. The Morgan fingerprint density at radius 2 is 2.10 bits per heavy atom. The first-order chi connectivity index (χ1) is 9.84. The van der Waals surface area contributed by atoms with Crippen LogP contribution in [0.15, 0.2) is 53.7 Å². The van der Waals surface area contributed by atoms with E-state index < -0.39 is 0 Å². The molecule has 1 unspecified atom stereocenters. The van der Waals surface area contributed by atoms with Crippen molar-refractivity contribution < 1.29 is 4.52 Å². The van der Waals surface area contributed by atoms with E-state index in [9.17, 15) is 0 Å². The summed E-state index contributed by atoms with van der Waals surface area (Å²) in [6.07, 6.45) is 5.63. The topological polar surface area (TPSA) is 82.8 Å². The number of rotatable bonds is 5. The van der Waals surface area contributed by atoms with Crippen molar-refractivity contribution in [3.63, 3.8) is 0 Å². The van der Waals surface area contributed by atoms with E-state index in [-0.39, 0.29) is 6.04 Å². The van der Waals surface area contributed by atoms with E-state index in [4.69, 9.17) is 10.3 Å². The molecule has 0 fully saturated rings. The smallest absolute Gasteiger partial charge is 0.228 e. The summed E-state index contributed by atoms with van der Waals surface area (Å²) >= 11 is 0. The van der Waals surface area contributed by atoms with E-state index in [1.807, 2.05) is 34.9 Å². The van der Waals surface area contributed by atoms with Crippen molar-refractivity contribution in [1.82, 2.24) is 19.7 Å². The zero-order chi connectivity index (χ0) is 13.8. The van der Waals surface area contributed by atoms with E-state index in [1.165, 1.54) is 6.33 Å². The van der Waals surface area contributed by atoms with Gasteiger partial charge in [0.1, 0.15) is 0 Å². The molecule has 102 valence electrons. The summed E-state index contributed by atoms with van der Waals surface area (Å²) in [7, 11) is 0. The summed E-state index contributed by atoms with van der Waals surface area (Å²) in [4.78, 5) is 8.19. The summed E-state index contributed by atoms with van der Waals surface area (Å²) < 4.78 is 7.01. The van der Waals surface area contributed by atoms with Gasteiger partial charge in [0.05, 0.1) is 24.3 Å². The zero-order valence-corrected chi connectivity index (χ0v) is 10.9. The van der Waals surface area contributed by atoms with Gasteiger partial charge in [-0.3, -0.25) is 0 Å². The fourth-order valence-electron chi connectivity index (χ4n) is 2.13. The van der Waals surface area contributed by atoms with Gasteiger partial charge < -0.3 is 14.8 Å². The molecule has 0 radical (unpaired) electrons. The third kappa shape index (κ3) is 2.60. The lowest BCUT2D eigenvalue weighted by Gasteiger charge is -2.14. The molecule has 6 nitrogen and oxygen atoms in total. The second kappa shape index (κ2) is 5.66. The van der Waals surface area contributed by atoms with Crippen LogP contribution in [0.2, 0.25) is 0 Å². The minimum atomic E-state index is -0.193. The Bertz CT molecular complexity index is 647. The lowest BCUT2D eigenvalue weighted by atomic mass is 10.1. The first-order valence-electron chi connectivity index (χ1n) is 6.40. The van der Waals surface area contributed by atoms with Crippen molar-refractivity contribution in [2.24, 2.45) is 5.73 Å². The lowest BCUT2D eigenvalue weighted by Crippen LogP contribution is -2.17. The normalized spacial score (nSPS) is 12.4. The highest BCUT2D eigenvalue weighted by molar-refractivity contribution is 5.26. The number of benzene rings is 1. The van der Waals surface area contributed by atoms with E-state index in [1.54, 1.807) is 12.5 Å². The van der Waals surface area contributed by atoms with Crippen LogP contribution in [0.3, 0.4) is 0 Å². The van der Waals surface area contributed by atoms with E-state index in [2.05, 4.69) is 15.1 Å². The molecule has 1 aromatic carbocycles. The lowest BCUT2D eigenvalue weighted by molar-refractivity contribution is 0.370. The van der Waals surface area contributed by atoms with Crippen LogP contribution in [0.25, 0.3) is 0 Å². The van der Waals surface area contributed by atoms with Crippen LogP contribution in [0.4, 0.5) is 0 Å². The van der Waals surface area contributed by atoms with Crippen LogP contribution in [0, 0.1) is 0 Å². The maximum Gasteiger partial charge on any atom is 0.228 e. The predicted molar refractivity (Wildman–Crippen MR) is 72.7 cm³/mol. The molecule has 2 heterocycles. The van der Waals surface area contributed by atoms with Crippen LogP contribution in [-0.2, 0) is 13.0 Å². The average molecular weight is 269 g/mol. The molecular weight excluding hydrogens is 254 g/mol. The number of nitrogens with two attached hydrogens (primary N) is 1. The fraction of sp³-hybridized carbons (Fsp3) is 0.214. The van der Waals surface area contributed by atoms with Gasteiger partial charge in [0.15, 0.2) is 6.33 Å². The third-order valence-corrected chi connectivity index (χ3v) is 3.20. The third-order valence-electron chi connectivity index (χ3n) is 3.20. The molecule has 2 N–H and O–H groups in total. The van der Waals surface area contributed by atoms with Crippen LogP contribution >= 0.6 is 0 Å². The quantitative estimate of drug-likeness (QED) is 0.760. The minimum absolute atomic E-state index is 0.193. The van der Waals surface area contributed by atoms with Gasteiger partial charge in [0.25, 0.3) is 0 Å². The molecule has 0 aliphatic rings. The second-order valence-electron chi connectivity index (χ2n) is 4.49. The van der Waals surface area contributed by atoms with E-state index in [0.717, 1.165) is 11.3 Å². The molecule has 0 saturated carbocycles. The van der Waals surface area contributed by atoms with Crippen molar-refractivity contribution in [2.75, 3.05) is 0 Å². The van der Waals surface area contributed by atoms with E-state index >= 15 is 0 Å². The molecule has 0 amide bonds. The number of aromatic nitrogens is 4. The predicted octanol–water partition coefficient (Wildman–Crippen LogP) is 1.56. The van der Waals surface area contributed by atoms with Crippen molar-refractivity contribution in [2.45, 2.75) is 19.0 Å². The maximum absolute atomic E-state index is 6.30. The SMILES string of the molecule is NC(c1ccccc1)c1cncn1CCc1ncno1. The molecule has 0 aliphatic heterocycles. The zero-order valence-electron chi connectivity index (χ0n) is 10.9. The monoisotopic (exact) mass is 269 g/mol. The van der Waals surface area contributed by atoms with Gasteiger partial charge in [-0.2, -0.15) is 4.98 Å². The first-order valence-corrected chi connectivity index (χ1v) is 6.40. The van der Waals surface area contributed by atoms with Crippen molar-refractivity contribution in [1.29, 1.82) is 0 Å². The Morgan fingerprint density at radius 3 is 2.85 bits per heavy atom. The van der Waals surface area contributed by atoms with Gasteiger partial charge >= 0.3 is 0 Å². The van der Waals surface area contributed by atoms with Crippen molar-refractivity contribution >= 4 is 0 Å². The molecule has 20 heavy (non-hydrogen) atoms. The molecule has 0 spiro atoms. The van der Waals surface area contributed by atoms with Gasteiger partial charge in [0, 0.05) is 13.0 Å². The van der Waals surface area contributed by atoms with Crippen LogP contribution < -0.4 is 5.73 Å². The van der Waals surface area contributed by atoms with Crippen LogP contribution in [0.5, 0.6) is 0 Å². The van der Waals surface area contributed by atoms with Crippen LogP contribution in [0.1, 0.15) is 23.2 Å². The second-order valence-corrected chi connectivity index (χ2v) is 4.49. The van der Waals surface area contributed by atoms with Gasteiger partial charge in [-0.1, -0.05) is 35.5 Å². The Labute approximate surface area is 116 Å². The van der Waals surface area contributed by atoms with Gasteiger partial charge in [0.2, 0.25) is 5.89 Å². The first kappa shape index (κ1) is 12.6. The summed E-state index contributed by atoms with van der Waals surface area (Å²) in [5.41, 5.74) is 8.33. The number of aryl methyl sites for hydroxylation is 2. The minimum Gasteiger partial charge on any atom is -0.340 e. The van der Waals surface area contributed by atoms with Gasteiger partial charge in [-0.05, 0) is 5.56 Å². The van der Waals surface area contributed by atoms with Gasteiger partial charge in [-0.15, -0.1) is 0 Å². The number of hydrogen-bond acceptors (Lipinski definition) is 5. The highest BCUT2D eigenvalue weighted by Gasteiger charge is 2.13. The molecular formula is C14H15N5O. The molecule has 0 aliphatic carbocycles. The molecule has 1 atom stereocenters. The van der Waals surface area contributed by atoms with Gasteiger partial charge in [-0.25, -0.2) is 4.98 Å². The Kier molecular flexibility index (Phi) is 3.56. The Balaban J connectivity index is 1.76. The molecule has 0 saturated heterocycles. The largest absolute Gasteiger partial charge is 0.340 e. The summed E-state index contributed by atoms with van der Waals surface area (Å²) in [6, 6.07) is 9.77. The van der Waals surface area contributed by atoms with E-state index in [0.29, 0.717) is 18.9 Å². The molecule has 3 rings (SSSR count). The highest BCUT2D eigenvalue weighted by Crippen LogP contribution is 2.19. The molecule has 3 aromatic rings.